The van der Waals surface area contributed by atoms with Gasteiger partial charge in [0.15, 0.2) is 0 Å². The second-order valence-electron chi connectivity index (χ2n) is 3.97. The molecule has 0 aliphatic heterocycles. The molecule has 1 aromatic rings. The number of carbonyl (C=O) groups excluding carboxylic acids is 1. The van der Waals surface area contributed by atoms with Crippen LogP contribution in [0.1, 0.15) is 25.8 Å². The molecule has 1 N–H and O–H groups in total. The smallest absolute Gasteiger partial charge is 0.343 e. The molecule has 1 aromatic carbocycles. The first-order valence-electron chi connectivity index (χ1n) is 6.12. The minimum atomic E-state index is -2.34. The van der Waals surface area contributed by atoms with Gasteiger partial charge in [0.05, 0.1) is 0 Å². The molecule has 0 heterocycles. The van der Waals surface area contributed by atoms with Crippen LogP contribution in [0.5, 0.6) is 0 Å². The van der Waals surface area contributed by atoms with Crippen molar-refractivity contribution in [2.24, 2.45) is 0 Å². The molecule has 0 aliphatic carbocycles. The Hall–Kier alpha value is -1.25. The van der Waals surface area contributed by atoms with Gasteiger partial charge in [-0.3, -0.25) is 4.79 Å². The Balaban J connectivity index is 2.69. The first-order chi connectivity index (χ1) is 8.60. The zero-order valence-electron chi connectivity index (χ0n) is 10.8. The Morgan fingerprint density at radius 2 is 1.89 bits per heavy atom. The highest BCUT2D eigenvalue weighted by Gasteiger charge is 2.21. The van der Waals surface area contributed by atoms with Gasteiger partial charge < -0.3 is 4.90 Å². The van der Waals surface area contributed by atoms with Crippen LogP contribution in [0.25, 0.3) is 0 Å². The Labute approximate surface area is 108 Å². The molecule has 0 saturated heterocycles. The molecule has 0 saturated carbocycles. The van der Waals surface area contributed by atoms with Crippen molar-refractivity contribution in [1.29, 1.82) is 0 Å². The van der Waals surface area contributed by atoms with E-state index in [0.29, 0.717) is 31.2 Å². The van der Waals surface area contributed by atoms with Crippen LogP contribution in [0, 0.1) is 0 Å². The summed E-state index contributed by atoms with van der Waals surface area (Å²) < 4.78 is 11.2. The highest BCUT2D eigenvalue weighted by Crippen LogP contribution is 2.17. The molecular weight excluding hydrogens is 249 g/mol. The third kappa shape index (κ3) is 3.90. The Kier molecular flexibility index (Phi) is 5.96. The van der Waals surface area contributed by atoms with Gasteiger partial charge in [0.2, 0.25) is 11.2 Å². The van der Waals surface area contributed by atoms with Gasteiger partial charge in [0, 0.05) is 25.1 Å². The molecule has 0 radical (unpaired) electrons. The van der Waals surface area contributed by atoms with Gasteiger partial charge in [-0.2, -0.15) is 4.89 Å². The summed E-state index contributed by atoms with van der Waals surface area (Å²) in [4.78, 5) is 22.8. The van der Waals surface area contributed by atoms with Gasteiger partial charge in [-0.15, -0.1) is 0 Å². The van der Waals surface area contributed by atoms with Gasteiger partial charge in [-0.1, -0.05) is 18.2 Å². The Morgan fingerprint density at radius 1 is 1.28 bits per heavy atom. The largest absolute Gasteiger partial charge is 0.546 e. The van der Waals surface area contributed by atoms with Gasteiger partial charge >= 0.3 is 8.03 Å². The number of carbonyl (C=O) groups is 1. The fraction of sp³-hybridized carbons (Fsp3) is 0.462. The summed E-state index contributed by atoms with van der Waals surface area (Å²) in [6, 6.07) is 6.98. The number of hydrogen-bond donors (Lipinski definition) is 1. The first kappa shape index (κ1) is 14.8. The molecule has 98 valence electrons. The van der Waals surface area contributed by atoms with Gasteiger partial charge in [-0.25, -0.2) is 0 Å². The summed E-state index contributed by atoms with van der Waals surface area (Å²) in [5.74, 6) is 0.0861. The summed E-state index contributed by atoms with van der Waals surface area (Å²) in [6.07, 6.45) is 0.884. The number of aryl methyl sites for hydroxylation is 1. The third-order valence-electron chi connectivity index (χ3n) is 2.92. The van der Waals surface area contributed by atoms with Crippen LogP contribution in [-0.4, -0.2) is 28.8 Å². The van der Waals surface area contributed by atoms with Crippen molar-refractivity contribution in [3.8, 4) is 0 Å². The maximum atomic E-state index is 11.9. The average Bonchev–Trinajstić information content (AvgIpc) is 2.38. The molecule has 1 atom stereocenters. The molecule has 1 unspecified atom stereocenters. The summed E-state index contributed by atoms with van der Waals surface area (Å²) >= 11 is 0. The minimum absolute atomic E-state index is 0.0861. The topological polar surface area (TPSA) is 57.6 Å². The zero-order valence-corrected chi connectivity index (χ0v) is 11.7. The van der Waals surface area contributed by atoms with E-state index in [2.05, 4.69) is 0 Å². The van der Waals surface area contributed by atoms with Crippen molar-refractivity contribution in [3.63, 3.8) is 0 Å². The van der Waals surface area contributed by atoms with Crippen molar-refractivity contribution in [2.75, 3.05) is 13.1 Å². The second-order valence-corrected chi connectivity index (χ2v) is 5.00. The Bertz CT molecular complexity index is 430. The molecule has 1 rings (SSSR count). The van der Waals surface area contributed by atoms with Crippen molar-refractivity contribution in [2.45, 2.75) is 26.7 Å². The van der Waals surface area contributed by atoms with Gasteiger partial charge in [0.25, 0.3) is 0 Å². The van der Waals surface area contributed by atoms with Crippen LogP contribution in [0.4, 0.5) is 0 Å². The molecule has 0 aliphatic rings. The molecule has 4 nitrogen and oxygen atoms in total. The maximum absolute atomic E-state index is 11.9. The summed E-state index contributed by atoms with van der Waals surface area (Å²) in [5.41, 5.74) is 0.779. The third-order valence-corrected chi connectivity index (χ3v) is 3.77. The number of benzene rings is 1. The predicted octanol–water partition coefficient (Wildman–Crippen LogP) is 1.85. The van der Waals surface area contributed by atoms with Gasteiger partial charge in [-0.05, 0) is 30.9 Å². The lowest BCUT2D eigenvalue weighted by Crippen LogP contribution is -2.30. The standard InChI is InChI=1S/C13H18NO3P/c1-3-14(4-2)13(15)10-9-11-7-5-6-8-12(11)18(16)17/h5-8H,3-4,9-10H2,1-2H3/p+1. The maximum Gasteiger partial charge on any atom is 0.546 e. The summed E-state index contributed by atoms with van der Waals surface area (Å²) in [7, 11) is -2.34. The van der Waals surface area contributed by atoms with E-state index in [9.17, 15) is 14.3 Å². The summed E-state index contributed by atoms with van der Waals surface area (Å²) in [6.45, 7) is 5.29. The van der Waals surface area contributed by atoms with Gasteiger partial charge in [0.1, 0.15) is 0 Å². The van der Waals surface area contributed by atoms with E-state index in [4.69, 9.17) is 0 Å². The number of hydrogen-bond acceptors (Lipinski definition) is 2. The SMILES string of the molecule is CCN(CC)C(=O)CCc1ccccc1[P+](=O)O. The lowest BCUT2D eigenvalue weighted by Gasteiger charge is -2.18. The highest BCUT2D eigenvalue weighted by atomic mass is 31.1. The Morgan fingerprint density at radius 3 is 2.44 bits per heavy atom. The van der Waals surface area contributed by atoms with E-state index in [-0.39, 0.29) is 5.91 Å². The molecular formula is C13H19NO3P+. The molecule has 0 fully saturated rings. The van der Waals surface area contributed by atoms with E-state index in [1.807, 2.05) is 19.9 Å². The normalized spacial score (nSPS) is 11.2. The molecule has 0 spiro atoms. The zero-order chi connectivity index (χ0) is 13.5. The molecule has 1 amide bonds. The van der Waals surface area contributed by atoms with Crippen LogP contribution in [-0.2, 0) is 15.8 Å². The second kappa shape index (κ2) is 7.24. The monoisotopic (exact) mass is 268 g/mol. The summed E-state index contributed by atoms with van der Waals surface area (Å²) in [5, 5.41) is 0.430. The first-order valence-corrected chi connectivity index (χ1v) is 7.33. The van der Waals surface area contributed by atoms with Crippen molar-refractivity contribution in [1.82, 2.24) is 4.90 Å². The lowest BCUT2D eigenvalue weighted by atomic mass is 10.1. The highest BCUT2D eigenvalue weighted by molar-refractivity contribution is 7.47. The van der Waals surface area contributed by atoms with Crippen LogP contribution < -0.4 is 5.30 Å². The van der Waals surface area contributed by atoms with Crippen molar-refractivity contribution in [3.05, 3.63) is 29.8 Å². The number of rotatable bonds is 6. The number of nitrogens with zero attached hydrogens (tertiary/aromatic N) is 1. The van der Waals surface area contributed by atoms with E-state index in [0.717, 1.165) is 5.56 Å². The van der Waals surface area contributed by atoms with Crippen LogP contribution in [0.2, 0.25) is 0 Å². The van der Waals surface area contributed by atoms with E-state index in [1.54, 1.807) is 23.1 Å². The van der Waals surface area contributed by atoms with Crippen molar-refractivity contribution < 1.29 is 14.3 Å². The number of amides is 1. The minimum Gasteiger partial charge on any atom is -0.343 e. The average molecular weight is 268 g/mol. The lowest BCUT2D eigenvalue weighted by molar-refractivity contribution is -0.130. The van der Waals surface area contributed by atoms with Crippen LogP contribution >= 0.6 is 8.03 Å². The molecule has 0 aromatic heterocycles. The fourth-order valence-corrected chi connectivity index (χ4v) is 2.53. The van der Waals surface area contributed by atoms with E-state index >= 15 is 0 Å². The van der Waals surface area contributed by atoms with E-state index < -0.39 is 8.03 Å². The fourth-order valence-electron chi connectivity index (χ4n) is 1.88. The predicted molar refractivity (Wildman–Crippen MR) is 72.2 cm³/mol. The molecule has 5 heteroatoms. The molecule has 18 heavy (non-hydrogen) atoms. The van der Waals surface area contributed by atoms with Crippen LogP contribution in [0.3, 0.4) is 0 Å². The quantitative estimate of drug-likeness (QED) is 0.801. The van der Waals surface area contributed by atoms with Crippen LogP contribution in [0.15, 0.2) is 24.3 Å². The van der Waals surface area contributed by atoms with Crippen molar-refractivity contribution >= 4 is 19.2 Å². The molecule has 0 bridgehead atoms. The van der Waals surface area contributed by atoms with E-state index in [1.165, 1.54) is 0 Å².